The van der Waals surface area contributed by atoms with Gasteiger partial charge < -0.3 is 10.2 Å². The molecule has 1 rings (SSSR count). The molecule has 0 heterocycles. The molecule has 108 valence electrons. The van der Waals surface area contributed by atoms with Crippen LogP contribution < -0.4 is 10.0 Å². The average molecular weight is 277 g/mol. The van der Waals surface area contributed by atoms with Crippen molar-refractivity contribution in [2.24, 2.45) is 0 Å². The summed E-state index contributed by atoms with van der Waals surface area (Å²) in [4.78, 5) is 2.11. The molecule has 0 aromatic carbocycles. The highest BCUT2D eigenvalue weighted by Gasteiger charge is 2.20. The van der Waals surface area contributed by atoms with Gasteiger partial charge in [-0.1, -0.05) is 0 Å². The van der Waals surface area contributed by atoms with Crippen LogP contribution in [0.4, 0.5) is 0 Å². The van der Waals surface area contributed by atoms with Crippen molar-refractivity contribution in [3.8, 4) is 0 Å². The van der Waals surface area contributed by atoms with Crippen LogP contribution in [0.3, 0.4) is 0 Å². The Bertz CT molecular complexity index is 313. The van der Waals surface area contributed by atoms with Crippen molar-refractivity contribution in [1.82, 2.24) is 14.9 Å². The van der Waals surface area contributed by atoms with Gasteiger partial charge in [0.05, 0.1) is 5.75 Å². The van der Waals surface area contributed by atoms with Crippen LogP contribution in [-0.4, -0.2) is 58.8 Å². The van der Waals surface area contributed by atoms with Gasteiger partial charge in [0.25, 0.3) is 0 Å². The molecule has 1 aliphatic carbocycles. The van der Waals surface area contributed by atoms with E-state index in [0.717, 1.165) is 25.9 Å². The molecule has 0 saturated heterocycles. The Morgan fingerprint density at radius 3 is 2.44 bits per heavy atom. The quantitative estimate of drug-likeness (QED) is 0.536. The van der Waals surface area contributed by atoms with E-state index in [2.05, 4.69) is 14.9 Å². The molecule has 5 nitrogen and oxygen atoms in total. The van der Waals surface area contributed by atoms with Crippen LogP contribution in [0.1, 0.15) is 32.1 Å². The second-order valence-corrected chi connectivity index (χ2v) is 7.23. The van der Waals surface area contributed by atoms with E-state index in [4.69, 9.17) is 0 Å². The van der Waals surface area contributed by atoms with E-state index < -0.39 is 10.0 Å². The first-order chi connectivity index (χ1) is 8.49. The molecule has 0 atom stereocenters. The number of nitrogens with one attached hydrogen (secondary N) is 2. The minimum atomic E-state index is -3.06. The zero-order valence-corrected chi connectivity index (χ0v) is 12.4. The van der Waals surface area contributed by atoms with Gasteiger partial charge in [-0.3, -0.25) is 0 Å². The maximum atomic E-state index is 11.6. The molecule has 6 heteroatoms. The molecule has 0 radical (unpaired) electrons. The second-order valence-electron chi connectivity index (χ2n) is 5.31. The van der Waals surface area contributed by atoms with E-state index in [0.29, 0.717) is 19.0 Å². The lowest BCUT2D eigenvalue weighted by atomic mass is 10.3. The van der Waals surface area contributed by atoms with Gasteiger partial charge in [0.2, 0.25) is 10.0 Å². The van der Waals surface area contributed by atoms with Gasteiger partial charge >= 0.3 is 0 Å². The standard InChI is InChI=1S/C12H27N3O2S/c1-15(2)10-4-3-9-14-18(16,17)11-5-8-13-12-6-7-12/h12-14H,3-11H2,1-2H3. The van der Waals surface area contributed by atoms with Gasteiger partial charge in [0.15, 0.2) is 0 Å². The highest BCUT2D eigenvalue weighted by molar-refractivity contribution is 7.89. The minimum absolute atomic E-state index is 0.237. The van der Waals surface area contributed by atoms with Crippen molar-refractivity contribution < 1.29 is 8.42 Å². The Kier molecular flexibility index (Phi) is 7.14. The number of rotatable bonds is 11. The summed E-state index contributed by atoms with van der Waals surface area (Å²) >= 11 is 0. The summed E-state index contributed by atoms with van der Waals surface area (Å²) in [5.41, 5.74) is 0. The fraction of sp³-hybridized carbons (Fsp3) is 1.00. The number of nitrogens with zero attached hydrogens (tertiary/aromatic N) is 1. The Morgan fingerprint density at radius 2 is 1.83 bits per heavy atom. The van der Waals surface area contributed by atoms with Crippen molar-refractivity contribution in [2.75, 3.05) is 39.5 Å². The van der Waals surface area contributed by atoms with Crippen LogP contribution in [0.5, 0.6) is 0 Å². The van der Waals surface area contributed by atoms with Gasteiger partial charge in [-0.2, -0.15) is 0 Å². The third kappa shape index (κ3) is 8.85. The Hall–Kier alpha value is -0.170. The zero-order chi connectivity index (χ0) is 13.4. The highest BCUT2D eigenvalue weighted by atomic mass is 32.2. The Labute approximate surface area is 111 Å². The molecular formula is C12H27N3O2S. The average Bonchev–Trinajstić information content (AvgIpc) is 3.07. The topological polar surface area (TPSA) is 61.4 Å². The molecular weight excluding hydrogens is 250 g/mol. The van der Waals surface area contributed by atoms with E-state index in [1.165, 1.54) is 12.8 Å². The predicted octanol–water partition coefficient (Wildman–Crippen LogP) is 0.390. The van der Waals surface area contributed by atoms with Crippen LogP contribution in [-0.2, 0) is 10.0 Å². The first-order valence-corrected chi connectivity index (χ1v) is 8.50. The number of sulfonamides is 1. The SMILES string of the molecule is CN(C)CCCCNS(=O)(=O)CCCNC1CC1. The summed E-state index contributed by atoms with van der Waals surface area (Å²) in [7, 11) is 0.986. The molecule has 0 amide bonds. The third-order valence-corrected chi connectivity index (χ3v) is 4.42. The number of unbranched alkanes of at least 4 members (excludes halogenated alkanes) is 1. The molecule has 2 N–H and O–H groups in total. The number of hydrogen-bond acceptors (Lipinski definition) is 4. The molecule has 1 fully saturated rings. The monoisotopic (exact) mass is 277 g/mol. The van der Waals surface area contributed by atoms with E-state index in [9.17, 15) is 8.42 Å². The van der Waals surface area contributed by atoms with Gasteiger partial charge in [0, 0.05) is 12.6 Å². The van der Waals surface area contributed by atoms with Gasteiger partial charge in [0.1, 0.15) is 0 Å². The lowest BCUT2D eigenvalue weighted by Crippen LogP contribution is -2.29. The van der Waals surface area contributed by atoms with Gasteiger partial charge in [-0.15, -0.1) is 0 Å². The highest BCUT2D eigenvalue weighted by Crippen LogP contribution is 2.18. The van der Waals surface area contributed by atoms with Crippen LogP contribution in [0.2, 0.25) is 0 Å². The third-order valence-electron chi connectivity index (χ3n) is 2.95. The zero-order valence-electron chi connectivity index (χ0n) is 11.6. The summed E-state index contributed by atoms with van der Waals surface area (Å²) in [5.74, 6) is 0.237. The molecule has 0 aromatic heterocycles. The normalized spacial score (nSPS) is 16.4. The molecule has 1 saturated carbocycles. The van der Waals surface area contributed by atoms with E-state index in [-0.39, 0.29) is 5.75 Å². The molecule has 0 spiro atoms. The Morgan fingerprint density at radius 1 is 1.11 bits per heavy atom. The Balaban J connectivity index is 1.96. The first-order valence-electron chi connectivity index (χ1n) is 6.85. The lowest BCUT2D eigenvalue weighted by molar-refractivity contribution is 0.394. The molecule has 0 bridgehead atoms. The summed E-state index contributed by atoms with van der Waals surface area (Å²) in [5, 5.41) is 3.32. The fourth-order valence-electron chi connectivity index (χ4n) is 1.71. The minimum Gasteiger partial charge on any atom is -0.314 e. The smallest absolute Gasteiger partial charge is 0.211 e. The maximum Gasteiger partial charge on any atom is 0.211 e. The molecule has 0 aromatic rings. The predicted molar refractivity (Wildman–Crippen MR) is 75.2 cm³/mol. The van der Waals surface area contributed by atoms with Crippen molar-refractivity contribution in [3.05, 3.63) is 0 Å². The maximum absolute atomic E-state index is 11.6. The van der Waals surface area contributed by atoms with Crippen LogP contribution >= 0.6 is 0 Å². The van der Waals surface area contributed by atoms with E-state index in [1.807, 2.05) is 14.1 Å². The summed E-state index contributed by atoms with van der Waals surface area (Å²) in [6.07, 6.45) is 5.12. The van der Waals surface area contributed by atoms with Crippen molar-refractivity contribution in [2.45, 2.75) is 38.1 Å². The van der Waals surface area contributed by atoms with Crippen molar-refractivity contribution in [1.29, 1.82) is 0 Å². The largest absolute Gasteiger partial charge is 0.314 e. The van der Waals surface area contributed by atoms with Crippen LogP contribution in [0, 0.1) is 0 Å². The molecule has 18 heavy (non-hydrogen) atoms. The lowest BCUT2D eigenvalue weighted by Gasteiger charge is -2.10. The van der Waals surface area contributed by atoms with Crippen molar-refractivity contribution >= 4 is 10.0 Å². The molecule has 1 aliphatic rings. The summed E-state index contributed by atoms with van der Waals surface area (Å²) < 4.78 is 25.9. The molecule has 0 aliphatic heterocycles. The van der Waals surface area contributed by atoms with Crippen molar-refractivity contribution in [3.63, 3.8) is 0 Å². The van der Waals surface area contributed by atoms with Gasteiger partial charge in [-0.25, -0.2) is 13.1 Å². The second kappa shape index (κ2) is 8.09. The number of hydrogen-bond donors (Lipinski definition) is 2. The molecule has 0 unspecified atom stereocenters. The van der Waals surface area contributed by atoms with E-state index >= 15 is 0 Å². The fourth-order valence-corrected chi connectivity index (χ4v) is 2.83. The first kappa shape index (κ1) is 15.9. The summed E-state index contributed by atoms with van der Waals surface area (Å²) in [6, 6.07) is 0.659. The van der Waals surface area contributed by atoms with Crippen LogP contribution in [0.15, 0.2) is 0 Å². The summed E-state index contributed by atoms with van der Waals surface area (Å²) in [6.45, 7) is 2.38. The van der Waals surface area contributed by atoms with Gasteiger partial charge in [-0.05, 0) is 59.3 Å². The van der Waals surface area contributed by atoms with Crippen LogP contribution in [0.25, 0.3) is 0 Å². The van der Waals surface area contributed by atoms with E-state index in [1.54, 1.807) is 0 Å².